The van der Waals surface area contributed by atoms with Gasteiger partial charge in [-0.3, -0.25) is 4.79 Å². The molecule has 2 aromatic heterocycles. The van der Waals surface area contributed by atoms with E-state index in [1.54, 1.807) is 34.5 Å². The Bertz CT molecular complexity index is 602. The summed E-state index contributed by atoms with van der Waals surface area (Å²) in [5.41, 5.74) is 0.650. The van der Waals surface area contributed by atoms with Crippen molar-refractivity contribution in [2.75, 3.05) is 5.32 Å². The normalized spacial score (nSPS) is 10.7. The lowest BCUT2D eigenvalue weighted by atomic mass is 10.3. The molecule has 0 saturated carbocycles. The van der Waals surface area contributed by atoms with E-state index in [0.717, 1.165) is 6.08 Å². The van der Waals surface area contributed by atoms with Crippen LogP contribution in [0.3, 0.4) is 0 Å². The lowest BCUT2D eigenvalue weighted by Gasteiger charge is -2.05. The number of hydrogen-bond donors (Lipinski definition) is 2. The molecule has 0 aliphatic rings. The average molecular weight is 277 g/mol. The Morgan fingerprint density at radius 1 is 1.53 bits per heavy atom. The fraction of sp³-hybridized carbons (Fsp3) is 0.0833. The zero-order valence-corrected chi connectivity index (χ0v) is 10.6. The second-order valence-electron chi connectivity index (χ2n) is 3.62. The zero-order chi connectivity index (χ0) is 13.7. The van der Waals surface area contributed by atoms with Crippen LogP contribution in [0.25, 0.3) is 6.08 Å². The quantitative estimate of drug-likeness (QED) is 0.814. The smallest absolute Gasteiger partial charge is 0.328 e. The van der Waals surface area contributed by atoms with Crippen molar-refractivity contribution in [3.8, 4) is 0 Å². The molecule has 1 amide bonds. The molecule has 2 rings (SSSR count). The van der Waals surface area contributed by atoms with E-state index in [2.05, 4.69) is 10.3 Å². The van der Waals surface area contributed by atoms with Crippen LogP contribution in [-0.2, 0) is 16.1 Å². The van der Waals surface area contributed by atoms with E-state index < -0.39 is 5.97 Å². The highest BCUT2D eigenvalue weighted by atomic mass is 32.1. The monoisotopic (exact) mass is 277 g/mol. The maximum absolute atomic E-state index is 11.8. The van der Waals surface area contributed by atoms with Crippen LogP contribution in [0.2, 0.25) is 0 Å². The van der Waals surface area contributed by atoms with Gasteiger partial charge in [0.25, 0.3) is 0 Å². The lowest BCUT2D eigenvalue weighted by Crippen LogP contribution is -2.18. The molecule has 6 nitrogen and oxygen atoms in total. The molecule has 7 heteroatoms. The molecule has 0 unspecified atom stereocenters. The highest BCUT2D eigenvalue weighted by molar-refractivity contribution is 7.13. The number of carboxylic acid groups (broad SMARTS) is 1. The summed E-state index contributed by atoms with van der Waals surface area (Å²) >= 11 is 1.34. The Hall–Kier alpha value is -2.41. The Labute approximate surface area is 113 Å². The summed E-state index contributed by atoms with van der Waals surface area (Å²) in [7, 11) is 0. The first kappa shape index (κ1) is 13.0. The maximum Gasteiger partial charge on any atom is 0.328 e. The summed E-state index contributed by atoms with van der Waals surface area (Å²) in [5, 5.41) is 13.5. The second kappa shape index (κ2) is 5.96. The minimum Gasteiger partial charge on any atom is -0.478 e. The van der Waals surface area contributed by atoms with Crippen LogP contribution in [0, 0.1) is 0 Å². The van der Waals surface area contributed by atoms with Crippen LogP contribution in [0.5, 0.6) is 0 Å². The summed E-state index contributed by atoms with van der Waals surface area (Å²) in [6, 6.07) is 3.48. The number of rotatable bonds is 5. The van der Waals surface area contributed by atoms with Crippen molar-refractivity contribution in [1.82, 2.24) is 9.55 Å². The molecule has 2 N–H and O–H groups in total. The van der Waals surface area contributed by atoms with Crippen molar-refractivity contribution >= 4 is 34.4 Å². The SMILES string of the molecule is O=C(O)/C=C/c1cccn1CC(=O)Nc1nccs1. The molecule has 0 aliphatic carbocycles. The number of hydrogen-bond acceptors (Lipinski definition) is 4. The number of nitrogens with zero attached hydrogens (tertiary/aromatic N) is 2. The zero-order valence-electron chi connectivity index (χ0n) is 9.81. The molecule has 0 saturated heterocycles. The van der Waals surface area contributed by atoms with Gasteiger partial charge >= 0.3 is 5.97 Å². The second-order valence-corrected chi connectivity index (χ2v) is 4.51. The molecule has 0 radical (unpaired) electrons. The van der Waals surface area contributed by atoms with Gasteiger partial charge in [-0.2, -0.15) is 0 Å². The van der Waals surface area contributed by atoms with Gasteiger partial charge in [0.1, 0.15) is 6.54 Å². The molecule has 0 bridgehead atoms. The molecule has 2 aromatic rings. The summed E-state index contributed by atoms with van der Waals surface area (Å²) < 4.78 is 1.66. The molecule has 19 heavy (non-hydrogen) atoms. The van der Waals surface area contributed by atoms with Gasteiger partial charge in [-0.1, -0.05) is 0 Å². The number of nitrogens with one attached hydrogen (secondary N) is 1. The summed E-state index contributed by atoms with van der Waals surface area (Å²) in [6.07, 6.45) is 5.80. The van der Waals surface area contributed by atoms with Crippen molar-refractivity contribution in [1.29, 1.82) is 0 Å². The lowest BCUT2D eigenvalue weighted by molar-refractivity contribution is -0.131. The summed E-state index contributed by atoms with van der Waals surface area (Å²) in [6.45, 7) is 0.103. The standard InChI is InChI=1S/C12H11N3O3S/c16-10(14-12-13-5-7-19-12)8-15-6-1-2-9(15)3-4-11(17)18/h1-7H,8H2,(H,17,18)(H,13,14,16)/b4-3+. The van der Waals surface area contributed by atoms with Crippen LogP contribution < -0.4 is 5.32 Å². The number of carbonyl (C=O) groups excluding carboxylic acids is 1. The maximum atomic E-state index is 11.8. The fourth-order valence-corrected chi connectivity index (χ4v) is 2.02. The van der Waals surface area contributed by atoms with Gasteiger partial charge in [-0.15, -0.1) is 11.3 Å². The van der Waals surface area contributed by atoms with Crippen molar-refractivity contribution in [3.63, 3.8) is 0 Å². The van der Waals surface area contributed by atoms with Crippen molar-refractivity contribution in [3.05, 3.63) is 41.7 Å². The topological polar surface area (TPSA) is 84.2 Å². The Kier molecular flexibility index (Phi) is 4.09. The van der Waals surface area contributed by atoms with E-state index in [-0.39, 0.29) is 12.5 Å². The minimum absolute atomic E-state index is 0.103. The first-order valence-electron chi connectivity index (χ1n) is 5.40. The highest BCUT2D eigenvalue weighted by Crippen LogP contribution is 2.11. The van der Waals surface area contributed by atoms with Crippen molar-refractivity contribution in [2.45, 2.75) is 6.54 Å². The number of carbonyl (C=O) groups is 2. The van der Waals surface area contributed by atoms with E-state index >= 15 is 0 Å². The molecule has 98 valence electrons. The van der Waals surface area contributed by atoms with Crippen LogP contribution >= 0.6 is 11.3 Å². The molecule has 0 atom stereocenters. The van der Waals surface area contributed by atoms with Crippen LogP contribution in [0.15, 0.2) is 36.0 Å². The highest BCUT2D eigenvalue weighted by Gasteiger charge is 2.06. The number of aliphatic carboxylic acids is 1. The molecule has 0 aromatic carbocycles. The van der Waals surface area contributed by atoms with E-state index in [0.29, 0.717) is 10.8 Å². The number of carboxylic acids is 1. The van der Waals surface area contributed by atoms with Crippen LogP contribution in [-0.4, -0.2) is 26.5 Å². The van der Waals surface area contributed by atoms with Gasteiger partial charge in [0.15, 0.2) is 5.13 Å². The Morgan fingerprint density at radius 3 is 3.05 bits per heavy atom. The van der Waals surface area contributed by atoms with E-state index in [1.165, 1.54) is 17.4 Å². The molecular weight excluding hydrogens is 266 g/mol. The molecule has 0 spiro atoms. The van der Waals surface area contributed by atoms with Gasteiger partial charge in [0.05, 0.1) is 0 Å². The van der Waals surface area contributed by atoms with Crippen LogP contribution in [0.1, 0.15) is 5.69 Å². The Morgan fingerprint density at radius 2 is 2.37 bits per heavy atom. The van der Waals surface area contributed by atoms with Gasteiger partial charge in [0, 0.05) is 29.5 Å². The predicted molar refractivity (Wildman–Crippen MR) is 71.8 cm³/mol. The summed E-state index contributed by atoms with van der Waals surface area (Å²) in [5.74, 6) is -1.24. The van der Waals surface area contributed by atoms with Gasteiger partial charge < -0.3 is 15.0 Å². The van der Waals surface area contributed by atoms with Gasteiger partial charge in [-0.05, 0) is 18.2 Å². The third kappa shape index (κ3) is 3.78. The van der Waals surface area contributed by atoms with E-state index in [9.17, 15) is 9.59 Å². The molecule has 0 aliphatic heterocycles. The van der Waals surface area contributed by atoms with Crippen molar-refractivity contribution in [2.24, 2.45) is 0 Å². The number of aromatic nitrogens is 2. The number of amides is 1. The Balaban J connectivity index is 2.01. The van der Waals surface area contributed by atoms with E-state index in [4.69, 9.17) is 5.11 Å². The number of thiazole rings is 1. The first-order chi connectivity index (χ1) is 9.15. The number of anilines is 1. The predicted octanol–water partition coefficient (Wildman–Crippen LogP) is 1.68. The third-order valence-electron chi connectivity index (χ3n) is 2.25. The van der Waals surface area contributed by atoms with Gasteiger partial charge in [-0.25, -0.2) is 9.78 Å². The average Bonchev–Trinajstić information content (AvgIpc) is 2.98. The summed E-state index contributed by atoms with van der Waals surface area (Å²) in [4.78, 5) is 26.2. The molecule has 2 heterocycles. The fourth-order valence-electron chi connectivity index (χ4n) is 1.48. The van der Waals surface area contributed by atoms with Crippen LogP contribution in [0.4, 0.5) is 5.13 Å². The van der Waals surface area contributed by atoms with E-state index in [1.807, 2.05) is 0 Å². The van der Waals surface area contributed by atoms with Gasteiger partial charge in [0.2, 0.25) is 5.91 Å². The largest absolute Gasteiger partial charge is 0.478 e. The molecular formula is C12H11N3O3S. The third-order valence-corrected chi connectivity index (χ3v) is 2.94. The first-order valence-corrected chi connectivity index (χ1v) is 6.28. The van der Waals surface area contributed by atoms with Crippen molar-refractivity contribution < 1.29 is 14.7 Å². The molecule has 0 fully saturated rings. The minimum atomic E-state index is -1.03.